The van der Waals surface area contributed by atoms with Crippen molar-refractivity contribution < 1.29 is 14.6 Å². The van der Waals surface area contributed by atoms with Crippen LogP contribution in [0.15, 0.2) is 60.7 Å². The van der Waals surface area contributed by atoms with Crippen LogP contribution >= 0.6 is 0 Å². The first kappa shape index (κ1) is 15.3. The molecule has 0 heterocycles. The summed E-state index contributed by atoms with van der Waals surface area (Å²) in [6, 6.07) is 18.9. The van der Waals surface area contributed by atoms with E-state index in [1.807, 2.05) is 60.7 Å². The molecule has 0 saturated heterocycles. The zero-order valence-corrected chi connectivity index (χ0v) is 12.2. The van der Waals surface area contributed by atoms with E-state index in [0.29, 0.717) is 13.0 Å². The lowest BCUT2D eigenvalue weighted by Gasteiger charge is -2.28. The van der Waals surface area contributed by atoms with Crippen LogP contribution in [0, 0.1) is 0 Å². The van der Waals surface area contributed by atoms with Gasteiger partial charge in [-0.25, -0.2) is 0 Å². The Bertz CT molecular complexity index is 566. The van der Waals surface area contributed by atoms with E-state index in [4.69, 9.17) is 4.74 Å². The average molecular weight is 284 g/mol. The predicted molar refractivity (Wildman–Crippen MR) is 81.7 cm³/mol. The first-order valence-electron chi connectivity index (χ1n) is 7.11. The SMILES string of the molecule is CCOC(=O)C[C@@](O)(Cc1ccccc1)c1ccccc1. The van der Waals surface area contributed by atoms with Crippen LogP contribution < -0.4 is 0 Å². The fraction of sp³-hybridized carbons (Fsp3) is 0.278. The number of carbonyl (C=O) groups excluding carboxylic acids is 1. The molecule has 0 aliphatic rings. The molecule has 21 heavy (non-hydrogen) atoms. The van der Waals surface area contributed by atoms with Gasteiger partial charge >= 0.3 is 5.97 Å². The van der Waals surface area contributed by atoms with Crippen molar-refractivity contribution in [3.63, 3.8) is 0 Å². The molecule has 3 nitrogen and oxygen atoms in total. The third-order valence-corrected chi connectivity index (χ3v) is 3.39. The Morgan fingerprint density at radius 2 is 1.62 bits per heavy atom. The van der Waals surface area contributed by atoms with Crippen LogP contribution in [0.2, 0.25) is 0 Å². The predicted octanol–water partition coefficient (Wildman–Crippen LogP) is 3.07. The molecule has 0 bridgehead atoms. The Balaban J connectivity index is 2.27. The number of rotatable bonds is 6. The van der Waals surface area contributed by atoms with Crippen LogP contribution in [0.5, 0.6) is 0 Å². The maximum absolute atomic E-state index is 11.8. The number of carbonyl (C=O) groups is 1. The first-order valence-corrected chi connectivity index (χ1v) is 7.11. The Morgan fingerprint density at radius 3 is 2.19 bits per heavy atom. The standard InChI is InChI=1S/C18H20O3/c1-2-21-17(19)14-18(20,16-11-7-4-8-12-16)13-15-9-5-3-6-10-15/h3-12,20H,2,13-14H2,1H3/t18-/m0/s1. The molecule has 0 fully saturated rings. The molecule has 0 aromatic heterocycles. The molecule has 0 amide bonds. The van der Waals surface area contributed by atoms with Gasteiger partial charge in [0.15, 0.2) is 0 Å². The summed E-state index contributed by atoms with van der Waals surface area (Å²) in [4.78, 5) is 11.8. The Kier molecular flexibility index (Phi) is 5.12. The average Bonchev–Trinajstić information content (AvgIpc) is 2.49. The van der Waals surface area contributed by atoms with Crippen molar-refractivity contribution >= 4 is 5.97 Å². The third kappa shape index (κ3) is 4.17. The minimum Gasteiger partial charge on any atom is -0.466 e. The molecule has 0 saturated carbocycles. The van der Waals surface area contributed by atoms with Gasteiger partial charge in [-0.3, -0.25) is 4.79 Å². The van der Waals surface area contributed by atoms with Crippen molar-refractivity contribution in [1.29, 1.82) is 0 Å². The van der Waals surface area contributed by atoms with Gasteiger partial charge < -0.3 is 9.84 Å². The van der Waals surface area contributed by atoms with Crippen molar-refractivity contribution in [2.45, 2.75) is 25.4 Å². The minimum atomic E-state index is -1.26. The van der Waals surface area contributed by atoms with Gasteiger partial charge in [0.05, 0.1) is 13.0 Å². The molecule has 110 valence electrons. The van der Waals surface area contributed by atoms with E-state index >= 15 is 0 Å². The van der Waals surface area contributed by atoms with E-state index < -0.39 is 5.60 Å². The highest BCUT2D eigenvalue weighted by atomic mass is 16.5. The summed E-state index contributed by atoms with van der Waals surface area (Å²) in [6.45, 7) is 2.08. The molecular weight excluding hydrogens is 264 g/mol. The molecular formula is C18H20O3. The summed E-state index contributed by atoms with van der Waals surface area (Å²) in [5, 5.41) is 11.0. The normalized spacial score (nSPS) is 13.4. The van der Waals surface area contributed by atoms with Crippen molar-refractivity contribution in [3.05, 3.63) is 71.8 Å². The van der Waals surface area contributed by atoms with E-state index in [2.05, 4.69) is 0 Å². The second-order valence-corrected chi connectivity index (χ2v) is 5.04. The van der Waals surface area contributed by atoms with Crippen LogP contribution in [0.3, 0.4) is 0 Å². The molecule has 0 aliphatic carbocycles. The molecule has 2 aromatic carbocycles. The van der Waals surface area contributed by atoms with Gasteiger partial charge in [0.2, 0.25) is 0 Å². The lowest BCUT2D eigenvalue weighted by atomic mass is 9.84. The van der Waals surface area contributed by atoms with E-state index in [9.17, 15) is 9.90 Å². The Morgan fingerprint density at radius 1 is 1.05 bits per heavy atom. The molecule has 2 aromatic rings. The fourth-order valence-electron chi connectivity index (χ4n) is 2.40. The monoisotopic (exact) mass is 284 g/mol. The van der Waals surface area contributed by atoms with E-state index in [0.717, 1.165) is 11.1 Å². The number of hydrogen-bond donors (Lipinski definition) is 1. The molecule has 0 aliphatic heterocycles. The van der Waals surface area contributed by atoms with Crippen molar-refractivity contribution in [2.24, 2.45) is 0 Å². The molecule has 0 unspecified atom stereocenters. The maximum Gasteiger partial charge on any atom is 0.309 e. The van der Waals surface area contributed by atoms with Crippen LogP contribution in [0.4, 0.5) is 0 Å². The lowest BCUT2D eigenvalue weighted by Crippen LogP contribution is -2.32. The summed E-state index contributed by atoms with van der Waals surface area (Å²) < 4.78 is 5.00. The smallest absolute Gasteiger partial charge is 0.309 e. The van der Waals surface area contributed by atoms with Crippen LogP contribution in [-0.2, 0) is 21.6 Å². The number of aliphatic hydroxyl groups is 1. The topological polar surface area (TPSA) is 46.5 Å². The summed E-state index contributed by atoms with van der Waals surface area (Å²) >= 11 is 0. The number of esters is 1. The van der Waals surface area contributed by atoms with Crippen molar-refractivity contribution in [2.75, 3.05) is 6.61 Å². The Labute approximate surface area is 125 Å². The largest absolute Gasteiger partial charge is 0.466 e. The number of ether oxygens (including phenoxy) is 1. The van der Waals surface area contributed by atoms with E-state index in [1.54, 1.807) is 6.92 Å². The van der Waals surface area contributed by atoms with Gasteiger partial charge in [-0.15, -0.1) is 0 Å². The zero-order valence-electron chi connectivity index (χ0n) is 12.2. The summed E-state index contributed by atoms with van der Waals surface area (Å²) in [5.41, 5.74) is 0.449. The Hall–Kier alpha value is -2.13. The van der Waals surface area contributed by atoms with Crippen LogP contribution in [0.1, 0.15) is 24.5 Å². The molecule has 0 spiro atoms. The number of hydrogen-bond acceptors (Lipinski definition) is 3. The summed E-state index contributed by atoms with van der Waals surface area (Å²) in [7, 11) is 0. The maximum atomic E-state index is 11.8. The van der Waals surface area contributed by atoms with Gasteiger partial charge in [-0.2, -0.15) is 0 Å². The quantitative estimate of drug-likeness (QED) is 0.829. The summed E-state index contributed by atoms with van der Waals surface area (Å²) in [6.07, 6.45) is 0.316. The van der Waals surface area contributed by atoms with Gasteiger partial charge in [-0.05, 0) is 18.1 Å². The van der Waals surface area contributed by atoms with Gasteiger partial charge in [0, 0.05) is 6.42 Å². The van der Waals surface area contributed by atoms with E-state index in [1.165, 1.54) is 0 Å². The van der Waals surface area contributed by atoms with E-state index in [-0.39, 0.29) is 12.4 Å². The van der Waals surface area contributed by atoms with Crippen molar-refractivity contribution in [3.8, 4) is 0 Å². The van der Waals surface area contributed by atoms with Crippen molar-refractivity contribution in [1.82, 2.24) is 0 Å². The van der Waals surface area contributed by atoms with Gasteiger partial charge in [0.25, 0.3) is 0 Å². The van der Waals surface area contributed by atoms with Crippen LogP contribution in [-0.4, -0.2) is 17.7 Å². The molecule has 2 rings (SSSR count). The highest BCUT2D eigenvalue weighted by molar-refractivity contribution is 5.71. The zero-order chi connectivity index (χ0) is 15.1. The molecule has 1 N–H and O–H groups in total. The first-order chi connectivity index (χ1) is 10.1. The second kappa shape index (κ2) is 7.04. The van der Waals surface area contributed by atoms with Gasteiger partial charge in [0.1, 0.15) is 5.60 Å². The number of benzene rings is 2. The molecule has 1 atom stereocenters. The summed E-state index contributed by atoms with van der Waals surface area (Å²) in [5.74, 6) is -0.389. The highest BCUT2D eigenvalue weighted by Crippen LogP contribution is 2.29. The molecule has 0 radical (unpaired) electrons. The highest BCUT2D eigenvalue weighted by Gasteiger charge is 2.33. The molecule has 3 heteroatoms. The lowest BCUT2D eigenvalue weighted by molar-refractivity contribution is -0.149. The van der Waals surface area contributed by atoms with Gasteiger partial charge in [-0.1, -0.05) is 60.7 Å². The second-order valence-electron chi connectivity index (χ2n) is 5.04. The van der Waals surface area contributed by atoms with Crippen LogP contribution in [0.25, 0.3) is 0 Å². The third-order valence-electron chi connectivity index (χ3n) is 3.39. The fourth-order valence-corrected chi connectivity index (χ4v) is 2.40. The minimum absolute atomic E-state index is 0.0558.